The molecule has 0 saturated carbocycles. The van der Waals surface area contributed by atoms with Gasteiger partial charge in [0.25, 0.3) is 15.9 Å². The molecule has 23 heavy (non-hydrogen) atoms. The monoisotopic (exact) mass is 334 g/mol. The van der Waals surface area contributed by atoms with Crippen molar-refractivity contribution in [3.8, 4) is 0 Å². The SMILES string of the molecule is CON(C)S(=O)(=O)c1ccc(NC(=O)c2ccc(C)cc2)cc1. The highest BCUT2D eigenvalue weighted by molar-refractivity contribution is 7.89. The minimum absolute atomic E-state index is 0.0789. The van der Waals surface area contributed by atoms with E-state index in [-0.39, 0.29) is 10.8 Å². The third-order valence-electron chi connectivity index (χ3n) is 3.32. The molecule has 0 unspecified atom stereocenters. The number of hydrogen-bond donors (Lipinski definition) is 1. The van der Waals surface area contributed by atoms with Gasteiger partial charge in [-0.15, -0.1) is 0 Å². The largest absolute Gasteiger partial charge is 0.322 e. The van der Waals surface area contributed by atoms with Crippen molar-refractivity contribution in [3.05, 3.63) is 59.7 Å². The number of anilines is 1. The molecule has 2 aromatic carbocycles. The summed E-state index contributed by atoms with van der Waals surface area (Å²) < 4.78 is 24.9. The van der Waals surface area contributed by atoms with Crippen molar-refractivity contribution >= 4 is 21.6 Å². The molecule has 1 amide bonds. The van der Waals surface area contributed by atoms with Gasteiger partial charge in [-0.05, 0) is 43.3 Å². The van der Waals surface area contributed by atoms with Crippen molar-refractivity contribution in [1.82, 2.24) is 4.47 Å². The van der Waals surface area contributed by atoms with Gasteiger partial charge in [0.1, 0.15) is 0 Å². The van der Waals surface area contributed by atoms with E-state index >= 15 is 0 Å². The summed E-state index contributed by atoms with van der Waals surface area (Å²) in [6.07, 6.45) is 0. The maximum atomic E-state index is 12.1. The Kier molecular flexibility index (Phi) is 5.15. The van der Waals surface area contributed by atoms with Crippen LogP contribution in [0, 0.1) is 6.92 Å². The number of nitrogens with one attached hydrogen (secondary N) is 1. The summed E-state index contributed by atoms with van der Waals surface area (Å²) in [5.41, 5.74) is 2.11. The Hall–Kier alpha value is -2.22. The molecule has 0 atom stereocenters. The zero-order chi connectivity index (χ0) is 17.0. The first-order valence-corrected chi connectivity index (χ1v) is 8.29. The number of carbonyl (C=O) groups excluding carboxylic acids is 1. The van der Waals surface area contributed by atoms with Crippen molar-refractivity contribution in [1.29, 1.82) is 0 Å². The molecule has 0 saturated heterocycles. The molecule has 1 N–H and O–H groups in total. The highest BCUT2D eigenvalue weighted by Gasteiger charge is 2.20. The smallest absolute Gasteiger partial charge is 0.264 e. The number of amides is 1. The second-order valence-electron chi connectivity index (χ2n) is 4.94. The number of aryl methyl sites for hydroxylation is 1. The predicted molar refractivity (Wildman–Crippen MR) is 87.5 cm³/mol. The molecule has 6 nitrogen and oxygen atoms in total. The van der Waals surface area contributed by atoms with Crippen LogP contribution in [-0.4, -0.2) is 33.0 Å². The molecule has 0 aliphatic rings. The van der Waals surface area contributed by atoms with Crippen molar-refractivity contribution in [2.45, 2.75) is 11.8 Å². The Labute approximate surface area is 135 Å². The van der Waals surface area contributed by atoms with Crippen LogP contribution in [0.2, 0.25) is 0 Å². The van der Waals surface area contributed by atoms with E-state index in [4.69, 9.17) is 4.84 Å². The van der Waals surface area contributed by atoms with Gasteiger partial charge in [0.05, 0.1) is 12.0 Å². The number of hydroxylamine groups is 1. The van der Waals surface area contributed by atoms with E-state index in [2.05, 4.69) is 5.32 Å². The van der Waals surface area contributed by atoms with Gasteiger partial charge in [-0.25, -0.2) is 8.42 Å². The Morgan fingerprint density at radius 1 is 1.04 bits per heavy atom. The fourth-order valence-electron chi connectivity index (χ4n) is 1.87. The third kappa shape index (κ3) is 3.95. The number of carbonyl (C=O) groups is 1. The number of benzene rings is 2. The van der Waals surface area contributed by atoms with Gasteiger partial charge in [-0.2, -0.15) is 0 Å². The van der Waals surface area contributed by atoms with Crippen LogP contribution in [-0.2, 0) is 14.9 Å². The Bertz CT molecular complexity index is 784. The van der Waals surface area contributed by atoms with Crippen LogP contribution in [0.5, 0.6) is 0 Å². The van der Waals surface area contributed by atoms with Crippen LogP contribution in [0.25, 0.3) is 0 Å². The average Bonchev–Trinajstić information content (AvgIpc) is 2.55. The van der Waals surface area contributed by atoms with Gasteiger partial charge in [0.15, 0.2) is 0 Å². The highest BCUT2D eigenvalue weighted by Crippen LogP contribution is 2.18. The van der Waals surface area contributed by atoms with Gasteiger partial charge in [0, 0.05) is 18.3 Å². The first-order valence-electron chi connectivity index (χ1n) is 6.85. The molecule has 122 valence electrons. The molecule has 0 heterocycles. The molecule has 0 spiro atoms. The summed E-state index contributed by atoms with van der Waals surface area (Å²) in [4.78, 5) is 16.9. The van der Waals surface area contributed by atoms with Gasteiger partial charge < -0.3 is 5.32 Å². The topological polar surface area (TPSA) is 75.7 Å². The predicted octanol–water partition coefficient (Wildman–Crippen LogP) is 2.43. The molecule has 0 bridgehead atoms. The van der Waals surface area contributed by atoms with Crippen molar-refractivity contribution in [2.75, 3.05) is 19.5 Å². The van der Waals surface area contributed by atoms with E-state index in [9.17, 15) is 13.2 Å². The van der Waals surface area contributed by atoms with Crippen LogP contribution in [0.1, 0.15) is 15.9 Å². The van der Waals surface area contributed by atoms with Crippen LogP contribution in [0.4, 0.5) is 5.69 Å². The van der Waals surface area contributed by atoms with Gasteiger partial charge >= 0.3 is 0 Å². The second kappa shape index (κ2) is 6.91. The van der Waals surface area contributed by atoms with E-state index in [1.54, 1.807) is 12.1 Å². The third-order valence-corrected chi connectivity index (χ3v) is 5.01. The normalized spacial score (nSPS) is 11.5. The number of nitrogens with zero attached hydrogens (tertiary/aromatic N) is 1. The van der Waals surface area contributed by atoms with Gasteiger partial charge in [-0.3, -0.25) is 9.63 Å². The quantitative estimate of drug-likeness (QED) is 0.852. The average molecular weight is 334 g/mol. The molecule has 2 rings (SSSR count). The van der Waals surface area contributed by atoms with E-state index < -0.39 is 10.0 Å². The first kappa shape index (κ1) is 17.1. The summed E-state index contributed by atoms with van der Waals surface area (Å²) in [6, 6.07) is 13.1. The van der Waals surface area contributed by atoms with E-state index in [0.29, 0.717) is 11.3 Å². The molecule has 0 aliphatic carbocycles. The number of sulfonamides is 1. The van der Waals surface area contributed by atoms with Crippen LogP contribution in [0.3, 0.4) is 0 Å². The number of rotatable bonds is 5. The molecular formula is C16H18N2O4S. The lowest BCUT2D eigenvalue weighted by atomic mass is 10.1. The summed E-state index contributed by atoms with van der Waals surface area (Å²) in [5.74, 6) is -0.255. The zero-order valence-corrected chi connectivity index (χ0v) is 13.9. The summed E-state index contributed by atoms with van der Waals surface area (Å²) in [5, 5.41) is 2.72. The summed E-state index contributed by atoms with van der Waals surface area (Å²) >= 11 is 0. The van der Waals surface area contributed by atoms with Crippen molar-refractivity contribution in [2.24, 2.45) is 0 Å². The molecule has 0 aromatic heterocycles. The minimum Gasteiger partial charge on any atom is -0.322 e. The lowest BCUT2D eigenvalue weighted by molar-refractivity contribution is -0.0258. The standard InChI is InChI=1S/C16H18N2O4S/c1-12-4-6-13(7-5-12)16(19)17-14-8-10-15(11-9-14)23(20,21)18(2)22-3/h4-11H,1-3H3,(H,17,19). The molecular weight excluding hydrogens is 316 g/mol. The maximum absolute atomic E-state index is 12.1. The molecule has 0 radical (unpaired) electrons. The van der Waals surface area contributed by atoms with E-state index in [1.165, 1.54) is 38.4 Å². The summed E-state index contributed by atoms with van der Waals surface area (Å²) in [7, 11) is -1.11. The maximum Gasteiger partial charge on any atom is 0.264 e. The van der Waals surface area contributed by atoms with Gasteiger partial charge in [0.2, 0.25) is 0 Å². The second-order valence-corrected chi connectivity index (χ2v) is 6.88. The summed E-state index contributed by atoms with van der Waals surface area (Å²) in [6.45, 7) is 1.94. The Morgan fingerprint density at radius 2 is 1.61 bits per heavy atom. The van der Waals surface area contributed by atoms with Crippen LogP contribution >= 0.6 is 0 Å². The van der Waals surface area contributed by atoms with Crippen molar-refractivity contribution in [3.63, 3.8) is 0 Å². The van der Waals surface area contributed by atoms with E-state index in [1.807, 2.05) is 19.1 Å². The fraction of sp³-hybridized carbons (Fsp3) is 0.188. The van der Waals surface area contributed by atoms with Crippen LogP contribution < -0.4 is 5.32 Å². The van der Waals surface area contributed by atoms with E-state index in [0.717, 1.165) is 10.0 Å². The number of hydrogen-bond acceptors (Lipinski definition) is 4. The van der Waals surface area contributed by atoms with Crippen LogP contribution in [0.15, 0.2) is 53.4 Å². The minimum atomic E-state index is -3.69. The van der Waals surface area contributed by atoms with Gasteiger partial charge in [-0.1, -0.05) is 22.2 Å². The lowest BCUT2D eigenvalue weighted by Crippen LogP contribution is -2.25. The Balaban J connectivity index is 2.14. The lowest BCUT2D eigenvalue weighted by Gasteiger charge is -2.14. The highest BCUT2D eigenvalue weighted by atomic mass is 32.2. The molecule has 7 heteroatoms. The fourth-order valence-corrected chi connectivity index (χ4v) is 2.84. The first-order chi connectivity index (χ1) is 10.8. The van der Waals surface area contributed by atoms with Crippen molar-refractivity contribution < 1.29 is 18.0 Å². The molecule has 0 aliphatic heterocycles. The zero-order valence-electron chi connectivity index (χ0n) is 13.1. The molecule has 0 fully saturated rings. The Morgan fingerprint density at radius 3 is 2.13 bits per heavy atom. The molecule has 2 aromatic rings.